The topological polar surface area (TPSA) is 78.5 Å². The number of nitrogens with zero attached hydrogens (tertiary/aromatic N) is 1. The number of anilines is 1. The van der Waals surface area contributed by atoms with Crippen molar-refractivity contribution in [2.75, 3.05) is 11.9 Å². The number of rotatable bonds is 4. The average molecular weight is 355 g/mol. The lowest BCUT2D eigenvalue weighted by atomic mass is 9.92. The van der Waals surface area contributed by atoms with Crippen LogP contribution in [0.3, 0.4) is 0 Å². The summed E-state index contributed by atoms with van der Waals surface area (Å²) in [5.74, 6) is -1.55. The van der Waals surface area contributed by atoms with E-state index in [4.69, 9.17) is 0 Å². The van der Waals surface area contributed by atoms with E-state index in [0.717, 1.165) is 4.90 Å². The van der Waals surface area contributed by atoms with Gasteiger partial charge in [0.25, 0.3) is 5.91 Å². The van der Waals surface area contributed by atoms with Crippen molar-refractivity contribution in [1.82, 2.24) is 10.2 Å². The van der Waals surface area contributed by atoms with Crippen LogP contribution in [0.5, 0.6) is 0 Å². The molecule has 1 saturated heterocycles. The van der Waals surface area contributed by atoms with Crippen molar-refractivity contribution in [3.63, 3.8) is 0 Å². The molecular formula is C19H18FN3O3. The Balaban J connectivity index is 1.73. The standard InChI is InChI=1S/C19H18FN3O3/c1-12-8-9-14(10-15(12)20)21-16(24)11-23-17(25)19(2,22-18(23)26)13-6-4-3-5-7-13/h3-10H,11H2,1-2H3,(H,21,24)(H,22,26)/t19-/m1/s1. The van der Waals surface area contributed by atoms with Gasteiger partial charge in [-0.3, -0.25) is 14.5 Å². The lowest BCUT2D eigenvalue weighted by Gasteiger charge is -2.22. The summed E-state index contributed by atoms with van der Waals surface area (Å²) in [6.45, 7) is 2.75. The van der Waals surface area contributed by atoms with Crippen LogP contribution in [0.1, 0.15) is 18.1 Å². The predicted octanol–water partition coefficient (Wildman–Crippen LogP) is 2.54. The SMILES string of the molecule is Cc1ccc(NC(=O)CN2C(=O)N[C@](C)(c3ccccc3)C2=O)cc1F. The Morgan fingerprint density at radius 3 is 2.54 bits per heavy atom. The molecule has 3 rings (SSSR count). The van der Waals surface area contributed by atoms with Gasteiger partial charge in [0.05, 0.1) is 0 Å². The van der Waals surface area contributed by atoms with Crippen LogP contribution in [-0.2, 0) is 15.1 Å². The molecule has 1 atom stereocenters. The van der Waals surface area contributed by atoms with Crippen LogP contribution in [-0.4, -0.2) is 29.3 Å². The van der Waals surface area contributed by atoms with Gasteiger partial charge in [0.15, 0.2) is 0 Å². The van der Waals surface area contributed by atoms with Crippen molar-refractivity contribution in [3.8, 4) is 0 Å². The van der Waals surface area contributed by atoms with Crippen LogP contribution in [0, 0.1) is 12.7 Å². The summed E-state index contributed by atoms with van der Waals surface area (Å²) in [5, 5.41) is 5.12. The molecule has 0 bridgehead atoms. The van der Waals surface area contributed by atoms with Crippen molar-refractivity contribution < 1.29 is 18.8 Å². The van der Waals surface area contributed by atoms with Crippen LogP contribution in [0.4, 0.5) is 14.9 Å². The minimum Gasteiger partial charge on any atom is -0.324 e. The number of carbonyl (C=O) groups excluding carboxylic acids is 3. The Labute approximate surface area is 150 Å². The molecule has 134 valence electrons. The number of nitrogens with one attached hydrogen (secondary N) is 2. The Hall–Kier alpha value is -3.22. The first-order valence-corrected chi connectivity index (χ1v) is 8.07. The zero-order chi connectivity index (χ0) is 18.9. The third-order valence-corrected chi connectivity index (χ3v) is 4.38. The number of benzene rings is 2. The van der Waals surface area contributed by atoms with Gasteiger partial charge in [-0.2, -0.15) is 0 Å². The summed E-state index contributed by atoms with van der Waals surface area (Å²) in [5.41, 5.74) is 0.114. The largest absolute Gasteiger partial charge is 0.325 e. The zero-order valence-corrected chi connectivity index (χ0v) is 14.4. The molecule has 2 N–H and O–H groups in total. The lowest BCUT2D eigenvalue weighted by molar-refractivity contribution is -0.133. The van der Waals surface area contributed by atoms with Crippen molar-refractivity contribution in [1.29, 1.82) is 0 Å². The molecule has 0 unspecified atom stereocenters. The highest BCUT2D eigenvalue weighted by atomic mass is 19.1. The fourth-order valence-corrected chi connectivity index (χ4v) is 2.82. The van der Waals surface area contributed by atoms with Gasteiger partial charge in [-0.25, -0.2) is 9.18 Å². The summed E-state index contributed by atoms with van der Waals surface area (Å²) in [6, 6.07) is 12.4. The summed E-state index contributed by atoms with van der Waals surface area (Å²) in [7, 11) is 0. The highest BCUT2D eigenvalue weighted by Crippen LogP contribution is 2.28. The van der Waals surface area contributed by atoms with E-state index in [0.29, 0.717) is 11.1 Å². The molecule has 7 heteroatoms. The molecule has 1 heterocycles. The number of amides is 4. The summed E-state index contributed by atoms with van der Waals surface area (Å²) in [4.78, 5) is 38.0. The van der Waals surface area contributed by atoms with Crippen molar-refractivity contribution in [2.45, 2.75) is 19.4 Å². The maximum Gasteiger partial charge on any atom is 0.325 e. The number of imide groups is 1. The normalized spacial score (nSPS) is 19.4. The van der Waals surface area contributed by atoms with Gasteiger partial charge >= 0.3 is 6.03 Å². The first-order valence-electron chi connectivity index (χ1n) is 8.07. The number of hydrogen-bond acceptors (Lipinski definition) is 3. The number of aryl methyl sites for hydroxylation is 1. The summed E-state index contributed by atoms with van der Waals surface area (Å²) in [6.07, 6.45) is 0. The monoisotopic (exact) mass is 355 g/mol. The molecule has 0 spiro atoms. The number of hydrogen-bond donors (Lipinski definition) is 2. The van der Waals surface area contributed by atoms with E-state index >= 15 is 0 Å². The van der Waals surface area contributed by atoms with Gasteiger partial charge in [-0.15, -0.1) is 0 Å². The second-order valence-electron chi connectivity index (χ2n) is 6.32. The average Bonchev–Trinajstić information content (AvgIpc) is 2.83. The van der Waals surface area contributed by atoms with Crippen molar-refractivity contribution in [2.24, 2.45) is 0 Å². The molecule has 0 aliphatic carbocycles. The maximum absolute atomic E-state index is 13.6. The van der Waals surface area contributed by atoms with Gasteiger partial charge in [-0.05, 0) is 37.1 Å². The van der Waals surface area contributed by atoms with Gasteiger partial charge < -0.3 is 10.6 Å². The molecule has 6 nitrogen and oxygen atoms in total. The molecule has 0 saturated carbocycles. The maximum atomic E-state index is 13.6. The van der Waals surface area contributed by atoms with E-state index in [-0.39, 0.29) is 5.69 Å². The lowest BCUT2D eigenvalue weighted by Crippen LogP contribution is -2.42. The van der Waals surface area contributed by atoms with E-state index in [1.807, 2.05) is 0 Å². The van der Waals surface area contributed by atoms with Gasteiger partial charge in [0, 0.05) is 5.69 Å². The van der Waals surface area contributed by atoms with Crippen LogP contribution >= 0.6 is 0 Å². The summed E-state index contributed by atoms with van der Waals surface area (Å²) >= 11 is 0. The predicted molar refractivity (Wildman–Crippen MR) is 93.8 cm³/mol. The molecule has 4 amide bonds. The van der Waals surface area contributed by atoms with E-state index < -0.39 is 35.7 Å². The third kappa shape index (κ3) is 3.15. The molecule has 1 aliphatic heterocycles. The quantitative estimate of drug-likeness (QED) is 0.828. The first kappa shape index (κ1) is 17.6. The Kier molecular flexibility index (Phi) is 4.46. The minimum absolute atomic E-state index is 0.260. The second-order valence-corrected chi connectivity index (χ2v) is 6.32. The summed E-state index contributed by atoms with van der Waals surface area (Å²) < 4.78 is 13.6. The van der Waals surface area contributed by atoms with Crippen LogP contribution in [0.2, 0.25) is 0 Å². The smallest absolute Gasteiger partial charge is 0.324 e. The zero-order valence-electron chi connectivity index (χ0n) is 14.4. The molecule has 2 aromatic carbocycles. The van der Waals surface area contributed by atoms with E-state index in [1.54, 1.807) is 50.2 Å². The second kappa shape index (κ2) is 6.59. The fourth-order valence-electron chi connectivity index (χ4n) is 2.82. The fraction of sp³-hybridized carbons (Fsp3) is 0.211. The van der Waals surface area contributed by atoms with E-state index in [2.05, 4.69) is 10.6 Å². The van der Waals surface area contributed by atoms with E-state index in [9.17, 15) is 18.8 Å². The molecule has 26 heavy (non-hydrogen) atoms. The van der Waals surface area contributed by atoms with Crippen LogP contribution < -0.4 is 10.6 Å². The Bertz CT molecular complexity index is 885. The molecular weight excluding hydrogens is 337 g/mol. The van der Waals surface area contributed by atoms with Crippen LogP contribution in [0.25, 0.3) is 0 Å². The third-order valence-electron chi connectivity index (χ3n) is 4.38. The van der Waals surface area contributed by atoms with Crippen molar-refractivity contribution >= 4 is 23.5 Å². The number of carbonyl (C=O) groups is 3. The van der Waals surface area contributed by atoms with Gasteiger partial charge in [0.2, 0.25) is 5.91 Å². The first-order chi connectivity index (χ1) is 12.3. The number of halogens is 1. The van der Waals surface area contributed by atoms with Gasteiger partial charge in [0.1, 0.15) is 17.9 Å². The van der Waals surface area contributed by atoms with Gasteiger partial charge in [-0.1, -0.05) is 36.4 Å². The Morgan fingerprint density at radius 2 is 1.88 bits per heavy atom. The van der Waals surface area contributed by atoms with Crippen molar-refractivity contribution in [3.05, 3.63) is 65.5 Å². The molecule has 1 fully saturated rings. The number of urea groups is 1. The molecule has 0 aromatic heterocycles. The highest BCUT2D eigenvalue weighted by molar-refractivity contribution is 6.10. The molecule has 1 aliphatic rings. The molecule has 0 radical (unpaired) electrons. The highest BCUT2D eigenvalue weighted by Gasteiger charge is 2.49. The molecule has 2 aromatic rings. The minimum atomic E-state index is -1.23. The Morgan fingerprint density at radius 1 is 1.19 bits per heavy atom. The van der Waals surface area contributed by atoms with Crippen LogP contribution in [0.15, 0.2) is 48.5 Å². The van der Waals surface area contributed by atoms with E-state index in [1.165, 1.54) is 12.1 Å².